The minimum Gasteiger partial charge on any atom is -0.494 e. The molecule has 0 atom stereocenters. The lowest BCUT2D eigenvalue weighted by Gasteiger charge is -2.04. The fourth-order valence-electron chi connectivity index (χ4n) is 1.51. The Morgan fingerprint density at radius 3 is 2.93 bits per heavy atom. The van der Waals surface area contributed by atoms with Crippen LogP contribution in [0, 0.1) is 0 Å². The smallest absolute Gasteiger partial charge is 0.267 e. The Hall–Kier alpha value is -2.06. The molecule has 1 amide bonds. The SMILES string of the molecule is CCOc1ccc2c(c1)NC(=O)C2=C=O. The highest BCUT2D eigenvalue weighted by molar-refractivity contribution is 6.37. The van der Waals surface area contributed by atoms with Gasteiger partial charge in [-0.25, -0.2) is 4.79 Å². The van der Waals surface area contributed by atoms with E-state index in [-0.39, 0.29) is 5.57 Å². The molecular weight excluding hydrogens is 194 g/mol. The largest absolute Gasteiger partial charge is 0.494 e. The van der Waals surface area contributed by atoms with Gasteiger partial charge in [-0.15, -0.1) is 0 Å². The molecule has 1 aliphatic heterocycles. The van der Waals surface area contributed by atoms with Gasteiger partial charge in [-0.1, -0.05) is 0 Å². The number of rotatable bonds is 2. The summed E-state index contributed by atoms with van der Waals surface area (Å²) in [4.78, 5) is 21.8. The number of fused-ring (bicyclic) bond motifs is 1. The van der Waals surface area contributed by atoms with Crippen molar-refractivity contribution in [3.8, 4) is 5.75 Å². The van der Waals surface area contributed by atoms with Crippen molar-refractivity contribution in [2.24, 2.45) is 0 Å². The third-order valence-corrected chi connectivity index (χ3v) is 2.15. The van der Waals surface area contributed by atoms with E-state index in [1.54, 1.807) is 24.1 Å². The molecule has 1 aliphatic rings. The van der Waals surface area contributed by atoms with Gasteiger partial charge in [0.25, 0.3) is 5.91 Å². The first kappa shape index (κ1) is 9.49. The molecule has 0 saturated heterocycles. The van der Waals surface area contributed by atoms with E-state index in [1.807, 2.05) is 6.92 Å². The molecule has 0 bridgehead atoms. The molecule has 1 N–H and O–H groups in total. The van der Waals surface area contributed by atoms with Gasteiger partial charge in [0.2, 0.25) is 0 Å². The van der Waals surface area contributed by atoms with Gasteiger partial charge in [-0.05, 0) is 19.1 Å². The molecule has 0 aliphatic carbocycles. The Morgan fingerprint density at radius 2 is 2.27 bits per heavy atom. The van der Waals surface area contributed by atoms with Gasteiger partial charge in [0.05, 0.1) is 12.3 Å². The first-order valence-corrected chi connectivity index (χ1v) is 4.60. The second kappa shape index (κ2) is 3.59. The van der Waals surface area contributed by atoms with E-state index in [2.05, 4.69) is 5.32 Å². The second-order valence-electron chi connectivity index (χ2n) is 3.07. The van der Waals surface area contributed by atoms with Crippen molar-refractivity contribution in [2.45, 2.75) is 6.92 Å². The average Bonchev–Trinajstić information content (AvgIpc) is 2.53. The number of benzene rings is 1. The Labute approximate surface area is 86.5 Å². The number of ether oxygens (including phenoxy) is 1. The highest BCUT2D eigenvalue weighted by Crippen LogP contribution is 2.32. The van der Waals surface area contributed by atoms with Crippen molar-refractivity contribution in [3.05, 3.63) is 23.8 Å². The summed E-state index contributed by atoms with van der Waals surface area (Å²) in [5.41, 5.74) is 1.23. The molecule has 15 heavy (non-hydrogen) atoms. The van der Waals surface area contributed by atoms with Gasteiger partial charge in [-0.3, -0.25) is 4.79 Å². The third kappa shape index (κ3) is 1.51. The molecule has 0 saturated carbocycles. The Balaban J connectivity index is 2.46. The molecule has 1 heterocycles. The second-order valence-corrected chi connectivity index (χ2v) is 3.07. The molecule has 4 nitrogen and oxygen atoms in total. The van der Waals surface area contributed by atoms with Crippen LogP contribution in [-0.2, 0) is 9.59 Å². The number of amides is 1. The maximum absolute atomic E-state index is 11.3. The van der Waals surface area contributed by atoms with Crippen LogP contribution in [0.1, 0.15) is 12.5 Å². The van der Waals surface area contributed by atoms with Crippen molar-refractivity contribution in [1.29, 1.82) is 0 Å². The lowest BCUT2D eigenvalue weighted by molar-refractivity contribution is -0.110. The third-order valence-electron chi connectivity index (χ3n) is 2.15. The van der Waals surface area contributed by atoms with Crippen LogP contribution >= 0.6 is 0 Å². The monoisotopic (exact) mass is 203 g/mol. The maximum atomic E-state index is 11.3. The topological polar surface area (TPSA) is 55.4 Å². The number of hydrogen-bond donors (Lipinski definition) is 1. The van der Waals surface area contributed by atoms with E-state index in [4.69, 9.17) is 4.74 Å². The minimum absolute atomic E-state index is 0.0491. The Morgan fingerprint density at radius 1 is 1.47 bits per heavy atom. The predicted octanol–water partition coefficient (Wildman–Crippen LogP) is 1.25. The summed E-state index contributed by atoms with van der Waals surface area (Å²) in [7, 11) is 0. The zero-order chi connectivity index (χ0) is 10.8. The molecule has 0 aromatic heterocycles. The van der Waals surface area contributed by atoms with E-state index in [0.717, 1.165) is 0 Å². The number of hydrogen-bond acceptors (Lipinski definition) is 3. The van der Waals surface area contributed by atoms with Gasteiger partial charge in [-0.2, -0.15) is 0 Å². The average molecular weight is 203 g/mol. The van der Waals surface area contributed by atoms with Crippen molar-refractivity contribution in [3.63, 3.8) is 0 Å². The highest BCUT2D eigenvalue weighted by Gasteiger charge is 2.25. The van der Waals surface area contributed by atoms with E-state index >= 15 is 0 Å². The molecule has 0 fully saturated rings. The van der Waals surface area contributed by atoms with Crippen molar-refractivity contribution in [2.75, 3.05) is 11.9 Å². The summed E-state index contributed by atoms with van der Waals surface area (Å²) in [5, 5.41) is 2.58. The summed E-state index contributed by atoms with van der Waals surface area (Å²) in [6.07, 6.45) is 0. The summed E-state index contributed by atoms with van der Waals surface area (Å²) < 4.78 is 5.28. The summed E-state index contributed by atoms with van der Waals surface area (Å²) in [6.45, 7) is 2.44. The molecule has 1 aromatic rings. The van der Waals surface area contributed by atoms with Crippen molar-refractivity contribution < 1.29 is 14.3 Å². The Kier molecular flexibility index (Phi) is 2.27. The van der Waals surface area contributed by atoms with Gasteiger partial charge in [0.15, 0.2) is 0 Å². The van der Waals surface area contributed by atoms with Crippen LogP contribution in [0.15, 0.2) is 18.2 Å². The van der Waals surface area contributed by atoms with Crippen molar-refractivity contribution in [1.82, 2.24) is 0 Å². The maximum Gasteiger partial charge on any atom is 0.267 e. The van der Waals surface area contributed by atoms with Crippen LogP contribution in [0.25, 0.3) is 5.57 Å². The van der Waals surface area contributed by atoms with E-state index in [9.17, 15) is 9.59 Å². The van der Waals surface area contributed by atoms with E-state index < -0.39 is 5.91 Å². The van der Waals surface area contributed by atoms with Crippen LogP contribution < -0.4 is 10.1 Å². The molecule has 4 heteroatoms. The molecule has 2 rings (SSSR count). The lowest BCUT2D eigenvalue weighted by atomic mass is 10.1. The highest BCUT2D eigenvalue weighted by atomic mass is 16.5. The number of carbonyl (C=O) groups excluding carboxylic acids is 2. The van der Waals surface area contributed by atoms with Crippen molar-refractivity contribution >= 4 is 23.1 Å². The first-order chi connectivity index (χ1) is 7.26. The standard InChI is InChI=1S/C11H9NO3/c1-2-15-7-3-4-8-9(6-13)11(14)12-10(8)5-7/h3-5H,2H2,1H3,(H,12,14). The first-order valence-electron chi connectivity index (χ1n) is 4.60. The Bertz CT molecular complexity index is 473. The summed E-state index contributed by atoms with van der Waals surface area (Å²) in [5.74, 6) is 1.90. The van der Waals surface area contributed by atoms with E-state index in [1.165, 1.54) is 0 Å². The molecule has 0 unspecified atom stereocenters. The van der Waals surface area contributed by atoms with Gasteiger partial charge < -0.3 is 10.1 Å². The fourth-order valence-corrected chi connectivity index (χ4v) is 1.51. The van der Waals surface area contributed by atoms with Crippen LogP contribution in [0.4, 0.5) is 5.69 Å². The predicted molar refractivity (Wildman–Crippen MR) is 55.3 cm³/mol. The fraction of sp³-hybridized carbons (Fsp3) is 0.182. The number of nitrogens with one attached hydrogen (secondary N) is 1. The summed E-state index contributed by atoms with van der Waals surface area (Å²) in [6, 6.07) is 5.10. The molecule has 1 aromatic carbocycles. The lowest BCUT2D eigenvalue weighted by Crippen LogP contribution is -2.03. The quantitative estimate of drug-likeness (QED) is 0.581. The molecular formula is C11H9NO3. The zero-order valence-corrected chi connectivity index (χ0v) is 8.16. The minimum atomic E-state index is -0.409. The zero-order valence-electron chi connectivity index (χ0n) is 8.16. The van der Waals surface area contributed by atoms with Gasteiger partial charge in [0.1, 0.15) is 17.3 Å². The normalized spacial score (nSPS) is 13.1. The molecule has 0 spiro atoms. The molecule has 76 valence electrons. The number of anilines is 1. The van der Waals surface area contributed by atoms with Gasteiger partial charge >= 0.3 is 0 Å². The van der Waals surface area contributed by atoms with Crippen LogP contribution in [0.5, 0.6) is 5.75 Å². The van der Waals surface area contributed by atoms with E-state index in [0.29, 0.717) is 23.6 Å². The van der Waals surface area contributed by atoms with Crippen LogP contribution in [0.3, 0.4) is 0 Å². The van der Waals surface area contributed by atoms with Crippen LogP contribution in [0.2, 0.25) is 0 Å². The summed E-state index contributed by atoms with van der Waals surface area (Å²) >= 11 is 0. The van der Waals surface area contributed by atoms with Crippen LogP contribution in [-0.4, -0.2) is 18.5 Å². The number of carbonyl (C=O) groups is 1. The molecule has 0 radical (unpaired) electrons. The van der Waals surface area contributed by atoms with Gasteiger partial charge in [0, 0.05) is 11.6 Å².